The Morgan fingerprint density at radius 2 is 2.27 bits per heavy atom. The van der Waals surface area contributed by atoms with Crippen molar-refractivity contribution in [3.8, 4) is 0 Å². The highest BCUT2D eigenvalue weighted by Gasteiger charge is 2.26. The van der Waals surface area contributed by atoms with Gasteiger partial charge in [-0.2, -0.15) is 0 Å². The summed E-state index contributed by atoms with van der Waals surface area (Å²) in [6, 6.07) is 6.91. The number of benzene rings is 1. The average Bonchev–Trinajstić information content (AvgIpc) is 2.46. The number of hydrogen-bond donors (Lipinski definition) is 3. The molecule has 3 amide bonds. The Kier molecular flexibility index (Phi) is 5.38. The second-order valence-corrected chi connectivity index (χ2v) is 5.82. The number of amides is 3. The molecule has 2 atom stereocenters. The molecule has 0 aliphatic carbocycles. The van der Waals surface area contributed by atoms with Crippen molar-refractivity contribution in [3.63, 3.8) is 0 Å². The van der Waals surface area contributed by atoms with E-state index < -0.39 is 12.1 Å². The van der Waals surface area contributed by atoms with Gasteiger partial charge in [-0.05, 0) is 19.4 Å². The zero-order valence-corrected chi connectivity index (χ0v) is 13.1. The Balaban J connectivity index is 2.12. The lowest BCUT2D eigenvalue weighted by molar-refractivity contribution is -0.134. The molecule has 1 aromatic rings. The second kappa shape index (κ2) is 7.26. The Hall–Kier alpha value is -2.08. The normalized spacial score (nSPS) is 19.5. The monoisotopic (exact) mass is 304 g/mol. The lowest BCUT2D eigenvalue weighted by Gasteiger charge is -2.35. The number of carbonyl (C=O) groups excluding carboxylic acids is 2. The number of nitrogens with one attached hydrogen (secondary N) is 2. The van der Waals surface area contributed by atoms with Gasteiger partial charge in [0.05, 0.1) is 12.5 Å². The molecule has 0 saturated carbocycles. The number of primary amides is 1. The molecule has 2 rings (SSSR count). The van der Waals surface area contributed by atoms with Gasteiger partial charge in [0.25, 0.3) is 0 Å². The van der Waals surface area contributed by atoms with Crippen LogP contribution in [0.3, 0.4) is 0 Å². The number of aryl methyl sites for hydroxylation is 1. The van der Waals surface area contributed by atoms with Gasteiger partial charge in [-0.3, -0.25) is 4.79 Å². The standard InChI is InChI=1S/C16H24N4O2/c1-11-4-3-5-13(8-11)14(19-16(17)22)9-15(21)20-7-6-18-10-12(20)2/h3-5,8,12,14,18H,6-7,9-10H2,1-2H3,(H3,17,19,22)/t12-,14+/m0/s1. The van der Waals surface area contributed by atoms with Crippen molar-refractivity contribution in [2.75, 3.05) is 19.6 Å². The molecule has 0 aromatic heterocycles. The largest absolute Gasteiger partial charge is 0.352 e. The van der Waals surface area contributed by atoms with Gasteiger partial charge in [-0.1, -0.05) is 29.8 Å². The van der Waals surface area contributed by atoms with E-state index in [-0.39, 0.29) is 18.4 Å². The van der Waals surface area contributed by atoms with Crippen molar-refractivity contribution in [3.05, 3.63) is 35.4 Å². The fraction of sp³-hybridized carbons (Fsp3) is 0.500. The number of rotatable bonds is 4. The lowest BCUT2D eigenvalue weighted by Crippen LogP contribution is -2.53. The summed E-state index contributed by atoms with van der Waals surface area (Å²) in [6.45, 7) is 6.29. The summed E-state index contributed by atoms with van der Waals surface area (Å²) >= 11 is 0. The first-order valence-electron chi connectivity index (χ1n) is 7.60. The van der Waals surface area contributed by atoms with Crippen molar-refractivity contribution in [2.24, 2.45) is 5.73 Å². The SMILES string of the molecule is Cc1cccc([C@@H](CC(=O)N2CCNC[C@@H]2C)NC(N)=O)c1. The molecule has 1 aliphatic heterocycles. The van der Waals surface area contributed by atoms with Gasteiger partial charge in [0.2, 0.25) is 5.91 Å². The fourth-order valence-electron chi connectivity index (χ4n) is 2.81. The molecule has 0 spiro atoms. The van der Waals surface area contributed by atoms with E-state index in [1.54, 1.807) is 0 Å². The van der Waals surface area contributed by atoms with Crippen LogP contribution in [-0.4, -0.2) is 42.5 Å². The maximum atomic E-state index is 12.6. The summed E-state index contributed by atoms with van der Waals surface area (Å²) in [4.78, 5) is 25.7. The van der Waals surface area contributed by atoms with Gasteiger partial charge < -0.3 is 21.3 Å². The van der Waals surface area contributed by atoms with Crippen molar-refractivity contribution in [1.82, 2.24) is 15.5 Å². The number of nitrogens with two attached hydrogens (primary N) is 1. The molecule has 1 fully saturated rings. The van der Waals surface area contributed by atoms with Crippen LogP contribution in [0.25, 0.3) is 0 Å². The van der Waals surface area contributed by atoms with Crippen LogP contribution >= 0.6 is 0 Å². The smallest absolute Gasteiger partial charge is 0.312 e. The molecule has 0 bridgehead atoms. The van der Waals surface area contributed by atoms with Gasteiger partial charge in [0.1, 0.15) is 0 Å². The molecule has 4 N–H and O–H groups in total. The number of carbonyl (C=O) groups is 2. The van der Waals surface area contributed by atoms with Crippen LogP contribution in [0.4, 0.5) is 4.79 Å². The van der Waals surface area contributed by atoms with Crippen molar-refractivity contribution < 1.29 is 9.59 Å². The van der Waals surface area contributed by atoms with Crippen molar-refractivity contribution in [1.29, 1.82) is 0 Å². The lowest BCUT2D eigenvalue weighted by atomic mass is 10.0. The zero-order chi connectivity index (χ0) is 16.1. The molecule has 120 valence electrons. The molecule has 1 heterocycles. The quantitative estimate of drug-likeness (QED) is 0.773. The average molecular weight is 304 g/mol. The second-order valence-electron chi connectivity index (χ2n) is 5.82. The van der Waals surface area contributed by atoms with Crippen LogP contribution in [0.2, 0.25) is 0 Å². The van der Waals surface area contributed by atoms with Crippen LogP contribution in [-0.2, 0) is 4.79 Å². The first-order valence-corrected chi connectivity index (χ1v) is 7.60. The number of nitrogens with zero attached hydrogens (tertiary/aromatic N) is 1. The van der Waals surface area contributed by atoms with E-state index in [9.17, 15) is 9.59 Å². The minimum absolute atomic E-state index is 0.0363. The third-order valence-corrected chi connectivity index (χ3v) is 3.96. The van der Waals surface area contributed by atoms with Crippen LogP contribution < -0.4 is 16.4 Å². The van der Waals surface area contributed by atoms with Crippen LogP contribution in [0.5, 0.6) is 0 Å². The molecule has 0 radical (unpaired) electrons. The molecule has 6 nitrogen and oxygen atoms in total. The summed E-state index contributed by atoms with van der Waals surface area (Å²) in [6.07, 6.45) is 0.219. The molecule has 1 aromatic carbocycles. The van der Waals surface area contributed by atoms with E-state index in [1.807, 2.05) is 43.0 Å². The summed E-state index contributed by atoms with van der Waals surface area (Å²) < 4.78 is 0. The summed E-state index contributed by atoms with van der Waals surface area (Å²) in [5.41, 5.74) is 7.24. The van der Waals surface area contributed by atoms with E-state index in [0.717, 1.165) is 24.2 Å². The maximum absolute atomic E-state index is 12.6. The van der Waals surface area contributed by atoms with Crippen LogP contribution in [0.1, 0.15) is 30.5 Å². The molecule has 22 heavy (non-hydrogen) atoms. The first kappa shape index (κ1) is 16.3. The van der Waals surface area contributed by atoms with Gasteiger partial charge in [-0.15, -0.1) is 0 Å². The van der Waals surface area contributed by atoms with Crippen molar-refractivity contribution >= 4 is 11.9 Å². The Morgan fingerprint density at radius 3 is 2.91 bits per heavy atom. The van der Waals surface area contributed by atoms with Gasteiger partial charge in [0, 0.05) is 25.7 Å². The minimum atomic E-state index is -0.618. The molecule has 1 aliphatic rings. The third kappa shape index (κ3) is 4.21. The molecule has 6 heteroatoms. The Morgan fingerprint density at radius 1 is 1.50 bits per heavy atom. The highest BCUT2D eigenvalue weighted by Crippen LogP contribution is 2.20. The highest BCUT2D eigenvalue weighted by molar-refractivity contribution is 5.79. The molecule has 0 unspecified atom stereocenters. The summed E-state index contributed by atoms with van der Waals surface area (Å²) in [5.74, 6) is 0.0363. The minimum Gasteiger partial charge on any atom is -0.352 e. The Bertz CT molecular complexity index is 547. The molecular formula is C16H24N4O2. The fourth-order valence-corrected chi connectivity index (χ4v) is 2.81. The van der Waals surface area contributed by atoms with Crippen LogP contribution in [0, 0.1) is 6.92 Å². The van der Waals surface area contributed by atoms with E-state index in [2.05, 4.69) is 10.6 Å². The molecular weight excluding hydrogens is 280 g/mol. The van der Waals surface area contributed by atoms with Gasteiger partial charge in [-0.25, -0.2) is 4.79 Å². The van der Waals surface area contributed by atoms with Gasteiger partial charge in [0.15, 0.2) is 0 Å². The van der Waals surface area contributed by atoms with E-state index in [4.69, 9.17) is 5.73 Å². The predicted molar refractivity (Wildman–Crippen MR) is 85.3 cm³/mol. The van der Waals surface area contributed by atoms with Gasteiger partial charge >= 0.3 is 6.03 Å². The topological polar surface area (TPSA) is 87.5 Å². The number of piperazine rings is 1. The van der Waals surface area contributed by atoms with E-state index >= 15 is 0 Å². The number of urea groups is 1. The van der Waals surface area contributed by atoms with E-state index in [0.29, 0.717) is 6.54 Å². The summed E-state index contributed by atoms with van der Waals surface area (Å²) in [7, 11) is 0. The third-order valence-electron chi connectivity index (χ3n) is 3.96. The zero-order valence-electron chi connectivity index (χ0n) is 13.1. The Labute approximate surface area is 131 Å². The van der Waals surface area contributed by atoms with Crippen molar-refractivity contribution in [2.45, 2.75) is 32.4 Å². The highest BCUT2D eigenvalue weighted by atomic mass is 16.2. The predicted octanol–water partition coefficient (Wildman–Crippen LogP) is 0.915. The van der Waals surface area contributed by atoms with Crippen LogP contribution in [0.15, 0.2) is 24.3 Å². The maximum Gasteiger partial charge on any atom is 0.312 e. The van der Waals surface area contributed by atoms with E-state index in [1.165, 1.54) is 0 Å². The molecule has 1 saturated heterocycles. The summed E-state index contributed by atoms with van der Waals surface area (Å²) in [5, 5.41) is 5.94. The first-order chi connectivity index (χ1) is 10.5. The number of hydrogen-bond acceptors (Lipinski definition) is 3.